The van der Waals surface area contributed by atoms with Crippen molar-refractivity contribution < 1.29 is 4.39 Å². The van der Waals surface area contributed by atoms with E-state index in [-0.39, 0.29) is 5.82 Å². The van der Waals surface area contributed by atoms with Crippen LogP contribution in [0.25, 0.3) is 27.8 Å². The number of hydrogen-bond donors (Lipinski definition) is 0. The van der Waals surface area contributed by atoms with Gasteiger partial charge in [0.25, 0.3) is 0 Å². The van der Waals surface area contributed by atoms with Crippen molar-refractivity contribution in [1.82, 2.24) is 19.3 Å². The Morgan fingerprint density at radius 3 is 2.46 bits per heavy atom. The zero-order valence-electron chi connectivity index (χ0n) is 14.3. The first-order valence-corrected chi connectivity index (χ1v) is 8.52. The third-order valence-corrected chi connectivity index (χ3v) is 4.85. The maximum atomic E-state index is 15.1. The van der Waals surface area contributed by atoms with E-state index < -0.39 is 0 Å². The van der Waals surface area contributed by atoms with Gasteiger partial charge in [-0.3, -0.25) is 9.25 Å². The zero-order valence-corrected chi connectivity index (χ0v) is 14.3. The van der Waals surface area contributed by atoms with Crippen molar-refractivity contribution in [3.8, 4) is 16.8 Å². The SMILES string of the molecule is Cn1cc(-c2ccc(-n3cnc4ccc(N5C[CH]C5)c(F)c43)cc2)cn1. The van der Waals surface area contributed by atoms with E-state index in [1.807, 2.05) is 65.3 Å². The van der Waals surface area contributed by atoms with Crippen LogP contribution in [0.5, 0.6) is 0 Å². The first-order valence-electron chi connectivity index (χ1n) is 8.52. The van der Waals surface area contributed by atoms with Crippen LogP contribution in [0.1, 0.15) is 0 Å². The number of fused-ring (bicyclic) bond motifs is 1. The Labute approximate surface area is 150 Å². The van der Waals surface area contributed by atoms with E-state index in [1.165, 1.54) is 0 Å². The van der Waals surface area contributed by atoms with Gasteiger partial charge in [0.15, 0.2) is 5.82 Å². The van der Waals surface area contributed by atoms with E-state index in [4.69, 9.17) is 0 Å². The Hall–Kier alpha value is -3.15. The molecule has 0 saturated carbocycles. The minimum atomic E-state index is -0.218. The summed E-state index contributed by atoms with van der Waals surface area (Å²) in [6.07, 6.45) is 7.60. The maximum Gasteiger partial charge on any atom is 0.172 e. The molecular weight excluding hydrogens is 329 g/mol. The zero-order chi connectivity index (χ0) is 17.7. The molecule has 0 amide bonds. The summed E-state index contributed by atoms with van der Waals surface area (Å²) < 4.78 is 18.7. The lowest BCUT2D eigenvalue weighted by atomic mass is 10.1. The molecule has 0 aliphatic carbocycles. The Kier molecular flexibility index (Phi) is 3.31. The van der Waals surface area contributed by atoms with Crippen LogP contribution >= 0.6 is 0 Å². The van der Waals surface area contributed by atoms with Gasteiger partial charge in [-0.1, -0.05) is 12.1 Å². The number of imidazole rings is 1. The summed E-state index contributed by atoms with van der Waals surface area (Å²) in [7, 11) is 1.89. The highest BCUT2D eigenvalue weighted by atomic mass is 19.1. The fraction of sp³-hybridized carbons (Fsp3) is 0.150. The summed E-state index contributed by atoms with van der Waals surface area (Å²) in [6.45, 7) is 1.58. The number of aryl methyl sites for hydroxylation is 1. The molecule has 26 heavy (non-hydrogen) atoms. The van der Waals surface area contributed by atoms with Crippen LogP contribution in [0, 0.1) is 12.2 Å². The fourth-order valence-electron chi connectivity index (χ4n) is 3.33. The van der Waals surface area contributed by atoms with Crippen molar-refractivity contribution in [3.63, 3.8) is 0 Å². The average Bonchev–Trinajstić information content (AvgIpc) is 3.23. The Morgan fingerprint density at radius 1 is 1.00 bits per heavy atom. The second-order valence-corrected chi connectivity index (χ2v) is 6.52. The number of aromatic nitrogens is 4. The van der Waals surface area contributed by atoms with Gasteiger partial charge in [0.05, 0.1) is 17.4 Å². The van der Waals surface area contributed by atoms with Gasteiger partial charge >= 0.3 is 0 Å². The summed E-state index contributed by atoms with van der Waals surface area (Å²) in [5.74, 6) is -0.218. The van der Waals surface area contributed by atoms with Gasteiger partial charge in [-0.05, 0) is 29.8 Å². The van der Waals surface area contributed by atoms with E-state index >= 15 is 4.39 Å². The normalized spacial score (nSPS) is 14.0. The first kappa shape index (κ1) is 15.1. The molecular formula is C20H17FN5. The third-order valence-electron chi connectivity index (χ3n) is 4.85. The second kappa shape index (κ2) is 5.69. The van der Waals surface area contributed by atoms with Crippen LogP contribution in [0.15, 0.2) is 55.1 Å². The molecule has 1 aliphatic rings. The van der Waals surface area contributed by atoms with Gasteiger partial charge in [0.1, 0.15) is 11.8 Å². The standard InChI is InChI=1S/C20H17FN5/c1-24-12-15(11-23-24)14-3-5-16(6-4-14)26-13-22-17-7-8-18(19(21)20(17)26)25-9-2-10-25/h2-8,11-13H,9-10H2,1H3. The monoisotopic (exact) mass is 346 g/mol. The van der Waals surface area contributed by atoms with Crippen molar-refractivity contribution in [3.05, 3.63) is 67.4 Å². The van der Waals surface area contributed by atoms with Crippen molar-refractivity contribution in [2.75, 3.05) is 18.0 Å². The van der Waals surface area contributed by atoms with E-state index in [2.05, 4.69) is 16.5 Å². The quantitative estimate of drug-likeness (QED) is 0.569. The van der Waals surface area contributed by atoms with Crippen LogP contribution in [-0.2, 0) is 7.05 Å². The summed E-state index contributed by atoms with van der Waals surface area (Å²) in [5.41, 5.74) is 4.82. The lowest BCUT2D eigenvalue weighted by molar-refractivity contribution is 0.618. The van der Waals surface area contributed by atoms with Gasteiger partial charge in [-0.15, -0.1) is 0 Å². The number of nitrogens with zero attached hydrogens (tertiary/aromatic N) is 5. The van der Waals surface area contributed by atoms with Gasteiger partial charge in [-0.2, -0.15) is 5.10 Å². The van der Waals surface area contributed by atoms with Crippen molar-refractivity contribution in [1.29, 1.82) is 0 Å². The van der Waals surface area contributed by atoms with Crippen molar-refractivity contribution in [2.45, 2.75) is 0 Å². The van der Waals surface area contributed by atoms with Crippen LogP contribution in [0.2, 0.25) is 0 Å². The maximum absolute atomic E-state index is 15.1. The summed E-state index contributed by atoms with van der Waals surface area (Å²) >= 11 is 0. The lowest BCUT2D eigenvalue weighted by Gasteiger charge is -2.33. The molecule has 0 unspecified atom stereocenters. The van der Waals surface area contributed by atoms with Crippen LogP contribution in [0.4, 0.5) is 10.1 Å². The number of hydrogen-bond acceptors (Lipinski definition) is 3. The smallest absolute Gasteiger partial charge is 0.172 e. The highest BCUT2D eigenvalue weighted by Crippen LogP contribution is 2.31. The average molecular weight is 346 g/mol. The van der Waals surface area contributed by atoms with Crippen LogP contribution < -0.4 is 4.90 Å². The van der Waals surface area contributed by atoms with Crippen LogP contribution in [-0.4, -0.2) is 32.4 Å². The molecule has 1 fully saturated rings. The van der Waals surface area contributed by atoms with Crippen LogP contribution in [0.3, 0.4) is 0 Å². The summed E-state index contributed by atoms with van der Waals surface area (Å²) in [6, 6.07) is 11.7. The minimum absolute atomic E-state index is 0.218. The topological polar surface area (TPSA) is 38.9 Å². The third kappa shape index (κ3) is 2.29. The molecule has 2 aromatic heterocycles. The Morgan fingerprint density at radius 2 is 1.81 bits per heavy atom. The summed E-state index contributed by atoms with van der Waals surface area (Å²) in [4.78, 5) is 6.38. The minimum Gasteiger partial charge on any atom is -0.368 e. The summed E-state index contributed by atoms with van der Waals surface area (Å²) in [5, 5.41) is 4.20. The van der Waals surface area contributed by atoms with Gasteiger partial charge in [0.2, 0.25) is 0 Å². The van der Waals surface area contributed by atoms with Gasteiger partial charge < -0.3 is 4.90 Å². The molecule has 1 saturated heterocycles. The Bertz CT molecular complexity index is 1090. The molecule has 3 heterocycles. The molecule has 6 heteroatoms. The fourth-order valence-corrected chi connectivity index (χ4v) is 3.33. The molecule has 5 nitrogen and oxygen atoms in total. The molecule has 0 atom stereocenters. The number of rotatable bonds is 3. The number of halogens is 1. The van der Waals surface area contributed by atoms with E-state index in [0.717, 1.165) is 29.9 Å². The Balaban J connectivity index is 1.58. The number of anilines is 1. The van der Waals surface area contributed by atoms with E-state index in [0.29, 0.717) is 16.7 Å². The highest BCUT2D eigenvalue weighted by molar-refractivity contribution is 5.83. The molecule has 2 aromatic carbocycles. The molecule has 0 N–H and O–H groups in total. The lowest BCUT2D eigenvalue weighted by Crippen LogP contribution is -2.38. The number of benzene rings is 2. The molecule has 129 valence electrons. The largest absolute Gasteiger partial charge is 0.368 e. The van der Waals surface area contributed by atoms with Crippen molar-refractivity contribution in [2.24, 2.45) is 7.05 Å². The predicted octanol–water partition coefficient (Wildman–Crippen LogP) is 3.59. The van der Waals surface area contributed by atoms with Crippen molar-refractivity contribution >= 4 is 16.7 Å². The molecule has 1 aliphatic heterocycles. The second-order valence-electron chi connectivity index (χ2n) is 6.52. The molecule has 4 aromatic rings. The highest BCUT2D eigenvalue weighted by Gasteiger charge is 2.22. The predicted molar refractivity (Wildman–Crippen MR) is 99.7 cm³/mol. The molecule has 1 radical (unpaired) electrons. The van der Waals surface area contributed by atoms with Gasteiger partial charge in [-0.25, -0.2) is 9.37 Å². The van der Waals surface area contributed by atoms with E-state index in [9.17, 15) is 0 Å². The van der Waals surface area contributed by atoms with E-state index in [1.54, 1.807) is 11.0 Å². The first-order chi connectivity index (χ1) is 12.7. The van der Waals surface area contributed by atoms with Gasteiger partial charge in [0, 0.05) is 44.0 Å². The molecule has 0 spiro atoms. The molecule has 5 rings (SSSR count). The molecule has 0 bridgehead atoms.